The third-order valence-corrected chi connectivity index (χ3v) is 3.55. The van der Waals surface area contributed by atoms with Gasteiger partial charge in [0.15, 0.2) is 6.10 Å². The molecule has 1 fully saturated rings. The zero-order valence-electron chi connectivity index (χ0n) is 14.9. The smallest absolute Gasteiger partial charge is 0.305 e. The molecule has 1 aliphatic heterocycles. The molecular weight excluding hydrogens is 344 g/mol. The van der Waals surface area contributed by atoms with Crippen molar-refractivity contribution in [2.24, 2.45) is 0 Å². The van der Waals surface area contributed by atoms with E-state index in [1.807, 2.05) is 30.3 Å². The van der Waals surface area contributed by atoms with Crippen molar-refractivity contribution in [1.29, 1.82) is 0 Å². The minimum Gasteiger partial charge on any atom is -0.455 e. The Bertz CT molecular complexity index is 629. The average Bonchev–Trinajstić information content (AvgIpc) is 2.84. The molecule has 26 heavy (non-hydrogen) atoms. The van der Waals surface area contributed by atoms with Gasteiger partial charge in [-0.25, -0.2) is 0 Å². The molecule has 0 N–H and O–H groups in total. The maximum atomic E-state index is 11.4. The number of benzene rings is 1. The number of ether oxygens (including phenoxy) is 5. The van der Waals surface area contributed by atoms with Crippen molar-refractivity contribution in [2.75, 3.05) is 6.61 Å². The summed E-state index contributed by atoms with van der Waals surface area (Å²) in [5, 5.41) is 0. The highest BCUT2D eigenvalue weighted by atomic mass is 16.8. The van der Waals surface area contributed by atoms with E-state index in [0.717, 1.165) is 5.56 Å². The van der Waals surface area contributed by atoms with Gasteiger partial charge in [-0.3, -0.25) is 14.4 Å². The van der Waals surface area contributed by atoms with E-state index in [-0.39, 0.29) is 6.61 Å². The number of rotatable bonds is 7. The van der Waals surface area contributed by atoms with Gasteiger partial charge in [-0.05, 0) is 5.56 Å². The second-order valence-electron chi connectivity index (χ2n) is 5.80. The number of hydrogen-bond acceptors (Lipinski definition) is 8. The molecule has 2 rings (SSSR count). The lowest BCUT2D eigenvalue weighted by Crippen LogP contribution is -2.41. The van der Waals surface area contributed by atoms with Crippen molar-refractivity contribution >= 4 is 17.9 Å². The van der Waals surface area contributed by atoms with Gasteiger partial charge in [0.05, 0.1) is 13.2 Å². The normalized spacial score (nSPS) is 24.7. The van der Waals surface area contributed by atoms with Gasteiger partial charge in [-0.1, -0.05) is 30.3 Å². The summed E-state index contributed by atoms with van der Waals surface area (Å²) in [7, 11) is 0. The Morgan fingerprint density at radius 1 is 0.885 bits per heavy atom. The SMILES string of the molecule is CC(=O)O[C@H]1O[C@H](COCc2ccccc2)[C@H](OC(C)=O)[C@H]1OC(C)=O. The largest absolute Gasteiger partial charge is 0.455 e. The molecule has 1 aromatic carbocycles. The molecule has 0 saturated carbocycles. The van der Waals surface area contributed by atoms with Crippen LogP contribution in [0.3, 0.4) is 0 Å². The molecule has 1 aromatic rings. The fourth-order valence-electron chi connectivity index (χ4n) is 2.60. The van der Waals surface area contributed by atoms with Crippen LogP contribution in [-0.2, 0) is 44.7 Å². The Morgan fingerprint density at radius 3 is 2.04 bits per heavy atom. The van der Waals surface area contributed by atoms with Crippen LogP contribution in [0.5, 0.6) is 0 Å². The first-order chi connectivity index (χ1) is 12.4. The van der Waals surface area contributed by atoms with Gasteiger partial charge in [0.25, 0.3) is 0 Å². The molecule has 0 aromatic heterocycles. The summed E-state index contributed by atoms with van der Waals surface area (Å²) in [5.41, 5.74) is 0.961. The quantitative estimate of drug-likeness (QED) is 0.527. The Morgan fingerprint density at radius 2 is 1.46 bits per heavy atom. The molecule has 8 nitrogen and oxygen atoms in total. The lowest BCUT2D eigenvalue weighted by atomic mass is 10.1. The third kappa shape index (κ3) is 5.82. The highest BCUT2D eigenvalue weighted by molar-refractivity contribution is 5.68. The summed E-state index contributed by atoms with van der Waals surface area (Å²) >= 11 is 0. The van der Waals surface area contributed by atoms with Crippen LogP contribution in [0.25, 0.3) is 0 Å². The first-order valence-electron chi connectivity index (χ1n) is 8.15. The first-order valence-corrected chi connectivity index (χ1v) is 8.15. The summed E-state index contributed by atoms with van der Waals surface area (Å²) in [6.45, 7) is 4.02. The highest BCUT2D eigenvalue weighted by Gasteiger charge is 2.51. The molecule has 142 valence electrons. The van der Waals surface area contributed by atoms with Gasteiger partial charge >= 0.3 is 17.9 Å². The van der Waals surface area contributed by atoms with E-state index in [1.54, 1.807) is 0 Å². The fourth-order valence-corrected chi connectivity index (χ4v) is 2.60. The average molecular weight is 366 g/mol. The van der Waals surface area contributed by atoms with Crippen molar-refractivity contribution in [3.05, 3.63) is 35.9 Å². The monoisotopic (exact) mass is 366 g/mol. The van der Waals surface area contributed by atoms with Crippen molar-refractivity contribution < 1.29 is 38.1 Å². The Balaban J connectivity index is 2.06. The molecule has 8 heteroatoms. The summed E-state index contributed by atoms with van der Waals surface area (Å²) in [6, 6.07) is 9.48. The van der Waals surface area contributed by atoms with Gasteiger partial charge in [0, 0.05) is 20.8 Å². The molecule has 1 heterocycles. The van der Waals surface area contributed by atoms with E-state index in [2.05, 4.69) is 0 Å². The van der Waals surface area contributed by atoms with Crippen molar-refractivity contribution in [2.45, 2.75) is 52.0 Å². The predicted molar refractivity (Wildman–Crippen MR) is 87.6 cm³/mol. The Labute approximate surface area is 151 Å². The number of esters is 3. The molecule has 0 bridgehead atoms. The molecule has 4 atom stereocenters. The highest BCUT2D eigenvalue weighted by Crippen LogP contribution is 2.28. The second-order valence-corrected chi connectivity index (χ2v) is 5.80. The molecule has 0 aliphatic carbocycles. The van der Waals surface area contributed by atoms with Crippen molar-refractivity contribution in [1.82, 2.24) is 0 Å². The Hall–Kier alpha value is -2.45. The summed E-state index contributed by atoms with van der Waals surface area (Å²) in [5.74, 6) is -1.80. The molecular formula is C18H22O8. The van der Waals surface area contributed by atoms with E-state index in [1.165, 1.54) is 20.8 Å². The van der Waals surface area contributed by atoms with Crippen molar-refractivity contribution in [3.63, 3.8) is 0 Å². The molecule has 1 aliphatic rings. The number of carbonyl (C=O) groups excluding carboxylic acids is 3. The number of hydrogen-bond donors (Lipinski definition) is 0. The van der Waals surface area contributed by atoms with Crippen LogP contribution in [0.1, 0.15) is 26.3 Å². The van der Waals surface area contributed by atoms with Crippen molar-refractivity contribution in [3.8, 4) is 0 Å². The van der Waals surface area contributed by atoms with Crippen LogP contribution in [-0.4, -0.2) is 49.1 Å². The van der Waals surface area contributed by atoms with Gasteiger partial charge in [0.1, 0.15) is 6.10 Å². The summed E-state index contributed by atoms with van der Waals surface area (Å²) in [4.78, 5) is 34.1. The topological polar surface area (TPSA) is 97.4 Å². The lowest BCUT2D eigenvalue weighted by Gasteiger charge is -2.22. The predicted octanol–water partition coefficient (Wildman–Crippen LogP) is 1.35. The van der Waals surface area contributed by atoms with Crippen LogP contribution in [0.2, 0.25) is 0 Å². The summed E-state index contributed by atoms with van der Waals surface area (Å²) in [6.07, 6.45) is -3.94. The fraction of sp³-hybridized carbons (Fsp3) is 0.500. The lowest BCUT2D eigenvalue weighted by molar-refractivity contribution is -0.197. The van der Waals surface area contributed by atoms with E-state index < -0.39 is 42.5 Å². The van der Waals surface area contributed by atoms with Gasteiger partial charge in [-0.2, -0.15) is 0 Å². The molecule has 0 amide bonds. The van der Waals surface area contributed by atoms with Crippen LogP contribution in [0.15, 0.2) is 30.3 Å². The molecule has 0 spiro atoms. The Kier molecular flexibility index (Phi) is 7.11. The molecule has 1 saturated heterocycles. The second kappa shape index (κ2) is 9.30. The zero-order valence-corrected chi connectivity index (χ0v) is 14.9. The summed E-state index contributed by atoms with van der Waals surface area (Å²) < 4.78 is 26.7. The standard InChI is InChI=1S/C18H22O8/c1-11(19)23-16-15(10-22-9-14-7-5-4-6-8-14)26-18(25-13(3)21)17(16)24-12(2)20/h4-8,15-18H,9-10H2,1-3H3/t15-,16+,17-,18+/m1/s1. The first kappa shape index (κ1) is 19.9. The van der Waals surface area contributed by atoms with E-state index in [0.29, 0.717) is 6.61 Å². The van der Waals surface area contributed by atoms with Gasteiger partial charge < -0.3 is 23.7 Å². The number of carbonyl (C=O) groups is 3. The van der Waals surface area contributed by atoms with Gasteiger partial charge in [0.2, 0.25) is 12.4 Å². The third-order valence-electron chi connectivity index (χ3n) is 3.55. The minimum atomic E-state index is -1.17. The maximum absolute atomic E-state index is 11.4. The van der Waals surface area contributed by atoms with Crippen LogP contribution in [0.4, 0.5) is 0 Å². The van der Waals surface area contributed by atoms with E-state index >= 15 is 0 Å². The zero-order chi connectivity index (χ0) is 19.1. The van der Waals surface area contributed by atoms with E-state index in [9.17, 15) is 14.4 Å². The molecule has 0 unspecified atom stereocenters. The van der Waals surface area contributed by atoms with Crippen LogP contribution in [0, 0.1) is 0 Å². The minimum absolute atomic E-state index is 0.0579. The maximum Gasteiger partial charge on any atom is 0.305 e. The molecule has 0 radical (unpaired) electrons. The van der Waals surface area contributed by atoms with Crippen LogP contribution >= 0.6 is 0 Å². The van der Waals surface area contributed by atoms with Gasteiger partial charge in [-0.15, -0.1) is 0 Å². The van der Waals surface area contributed by atoms with E-state index in [4.69, 9.17) is 23.7 Å². The van der Waals surface area contributed by atoms with Crippen LogP contribution < -0.4 is 0 Å².